The van der Waals surface area contributed by atoms with E-state index in [9.17, 15) is 9.18 Å². The molecule has 1 atom stereocenters. The van der Waals surface area contributed by atoms with Crippen molar-refractivity contribution in [2.24, 2.45) is 0 Å². The standard InChI is InChI=1S/C13H20FN3OS/c1-4-9(8-19-3)17-13(18)10-6-7-16-12(11(10)14)15-5-2/h6-7,9H,4-5,8H2,1-3H3,(H,15,16)(H,17,18). The van der Waals surface area contributed by atoms with E-state index in [1.807, 2.05) is 20.1 Å². The number of hydrogen-bond donors (Lipinski definition) is 2. The van der Waals surface area contributed by atoms with Gasteiger partial charge in [-0.25, -0.2) is 9.37 Å². The minimum Gasteiger partial charge on any atom is -0.368 e. The van der Waals surface area contributed by atoms with E-state index in [0.29, 0.717) is 6.54 Å². The summed E-state index contributed by atoms with van der Waals surface area (Å²) in [5.41, 5.74) is 0.0329. The first-order chi connectivity index (χ1) is 9.13. The van der Waals surface area contributed by atoms with Crippen molar-refractivity contribution in [3.63, 3.8) is 0 Å². The predicted octanol–water partition coefficient (Wildman–Crippen LogP) is 2.52. The molecule has 0 saturated carbocycles. The van der Waals surface area contributed by atoms with Gasteiger partial charge in [-0.1, -0.05) is 6.92 Å². The number of carbonyl (C=O) groups excluding carboxylic acids is 1. The molecule has 1 unspecified atom stereocenters. The van der Waals surface area contributed by atoms with E-state index in [2.05, 4.69) is 15.6 Å². The smallest absolute Gasteiger partial charge is 0.254 e. The van der Waals surface area contributed by atoms with Crippen LogP contribution < -0.4 is 10.6 Å². The Balaban J connectivity index is 2.84. The van der Waals surface area contributed by atoms with Crippen LogP contribution in [0.5, 0.6) is 0 Å². The number of pyridine rings is 1. The summed E-state index contributed by atoms with van der Waals surface area (Å²) >= 11 is 1.65. The summed E-state index contributed by atoms with van der Waals surface area (Å²) in [6.07, 6.45) is 4.23. The monoisotopic (exact) mass is 285 g/mol. The van der Waals surface area contributed by atoms with Gasteiger partial charge in [0.1, 0.15) is 0 Å². The predicted molar refractivity (Wildman–Crippen MR) is 78.3 cm³/mol. The van der Waals surface area contributed by atoms with Gasteiger partial charge in [-0.15, -0.1) is 0 Å². The van der Waals surface area contributed by atoms with Gasteiger partial charge >= 0.3 is 0 Å². The average molecular weight is 285 g/mol. The van der Waals surface area contributed by atoms with Gasteiger partial charge in [0.25, 0.3) is 5.91 Å². The summed E-state index contributed by atoms with van der Waals surface area (Å²) in [7, 11) is 0. The molecule has 19 heavy (non-hydrogen) atoms. The molecule has 0 bridgehead atoms. The van der Waals surface area contributed by atoms with Crippen LogP contribution in [0, 0.1) is 5.82 Å². The lowest BCUT2D eigenvalue weighted by molar-refractivity contribution is 0.0936. The number of rotatable bonds is 7. The number of nitrogens with zero attached hydrogens (tertiary/aromatic N) is 1. The minimum absolute atomic E-state index is 0.0329. The molecule has 1 aromatic rings. The molecule has 0 spiro atoms. The first-order valence-corrected chi connectivity index (χ1v) is 7.71. The SMILES string of the molecule is CCNc1nccc(C(=O)NC(CC)CSC)c1F. The van der Waals surface area contributed by atoms with Gasteiger partial charge in [0, 0.05) is 24.5 Å². The van der Waals surface area contributed by atoms with Gasteiger partial charge in [-0.3, -0.25) is 4.79 Å². The van der Waals surface area contributed by atoms with Crippen molar-refractivity contribution >= 4 is 23.5 Å². The van der Waals surface area contributed by atoms with E-state index < -0.39 is 5.82 Å². The van der Waals surface area contributed by atoms with Crippen LogP contribution in [-0.2, 0) is 0 Å². The molecule has 4 nitrogen and oxygen atoms in total. The maximum absolute atomic E-state index is 14.1. The number of nitrogens with one attached hydrogen (secondary N) is 2. The second-order valence-electron chi connectivity index (χ2n) is 4.09. The fourth-order valence-electron chi connectivity index (χ4n) is 1.64. The second kappa shape index (κ2) is 7.99. The highest BCUT2D eigenvalue weighted by atomic mass is 32.2. The Morgan fingerprint density at radius 2 is 2.26 bits per heavy atom. The molecule has 6 heteroatoms. The fraction of sp³-hybridized carbons (Fsp3) is 0.538. The van der Waals surface area contributed by atoms with Crippen molar-refractivity contribution in [2.45, 2.75) is 26.3 Å². The second-order valence-corrected chi connectivity index (χ2v) is 5.00. The van der Waals surface area contributed by atoms with E-state index in [1.165, 1.54) is 12.3 Å². The number of hydrogen-bond acceptors (Lipinski definition) is 4. The molecule has 106 valence electrons. The number of amides is 1. The summed E-state index contributed by atoms with van der Waals surface area (Å²) in [5, 5.41) is 5.63. The number of aromatic nitrogens is 1. The molecule has 1 heterocycles. The van der Waals surface area contributed by atoms with Crippen LogP contribution in [0.2, 0.25) is 0 Å². The Labute approximate surface area is 117 Å². The summed E-state index contributed by atoms with van der Waals surface area (Å²) in [4.78, 5) is 15.9. The van der Waals surface area contributed by atoms with Crippen molar-refractivity contribution in [1.82, 2.24) is 10.3 Å². The molecule has 0 aliphatic rings. The molecule has 1 rings (SSSR count). The zero-order chi connectivity index (χ0) is 14.3. The molecule has 0 radical (unpaired) electrons. The molecule has 1 aromatic heterocycles. The summed E-state index contributed by atoms with van der Waals surface area (Å²) in [6, 6.07) is 1.45. The molecule has 2 N–H and O–H groups in total. The van der Waals surface area contributed by atoms with Crippen LogP contribution in [-0.4, -0.2) is 35.5 Å². The van der Waals surface area contributed by atoms with Gasteiger partial charge in [0.05, 0.1) is 5.56 Å². The average Bonchev–Trinajstić information content (AvgIpc) is 2.40. The van der Waals surface area contributed by atoms with Crippen molar-refractivity contribution in [3.05, 3.63) is 23.6 Å². The normalized spacial score (nSPS) is 12.0. The highest BCUT2D eigenvalue weighted by molar-refractivity contribution is 7.98. The number of anilines is 1. The van der Waals surface area contributed by atoms with Crippen LogP contribution in [0.1, 0.15) is 30.6 Å². The first kappa shape index (κ1) is 15.8. The zero-order valence-corrected chi connectivity index (χ0v) is 12.3. The molecule has 1 amide bonds. The van der Waals surface area contributed by atoms with Crippen LogP contribution in [0.3, 0.4) is 0 Å². The molecule has 0 fully saturated rings. The molecule has 0 saturated heterocycles. The highest BCUT2D eigenvalue weighted by Crippen LogP contribution is 2.15. The van der Waals surface area contributed by atoms with E-state index in [1.54, 1.807) is 11.8 Å². The topological polar surface area (TPSA) is 54.0 Å². The van der Waals surface area contributed by atoms with Gasteiger partial charge in [0.15, 0.2) is 11.6 Å². The number of thioether (sulfide) groups is 1. The van der Waals surface area contributed by atoms with Crippen molar-refractivity contribution in [2.75, 3.05) is 23.9 Å². The summed E-state index contributed by atoms with van der Waals surface area (Å²) in [6.45, 7) is 4.40. The minimum atomic E-state index is -0.596. The fourth-order valence-corrected chi connectivity index (χ4v) is 2.36. The molecule has 0 aromatic carbocycles. The summed E-state index contributed by atoms with van der Waals surface area (Å²) in [5.74, 6) is -0.0523. The van der Waals surface area contributed by atoms with Crippen LogP contribution in [0.15, 0.2) is 12.3 Å². The largest absolute Gasteiger partial charge is 0.368 e. The Hall–Kier alpha value is -1.30. The Morgan fingerprint density at radius 1 is 1.53 bits per heavy atom. The van der Waals surface area contributed by atoms with Gasteiger partial charge in [-0.05, 0) is 25.7 Å². The van der Waals surface area contributed by atoms with Crippen molar-refractivity contribution in [1.29, 1.82) is 0 Å². The van der Waals surface area contributed by atoms with E-state index in [0.717, 1.165) is 12.2 Å². The third-order valence-electron chi connectivity index (χ3n) is 2.67. The molecular weight excluding hydrogens is 265 g/mol. The van der Waals surface area contributed by atoms with E-state index in [4.69, 9.17) is 0 Å². The first-order valence-electron chi connectivity index (χ1n) is 6.32. The number of carbonyl (C=O) groups is 1. The third kappa shape index (κ3) is 4.38. The lowest BCUT2D eigenvalue weighted by Gasteiger charge is -2.16. The molecule has 0 aliphatic heterocycles. The lowest BCUT2D eigenvalue weighted by atomic mass is 10.2. The van der Waals surface area contributed by atoms with Gasteiger partial charge < -0.3 is 10.6 Å². The molecule has 0 aliphatic carbocycles. The number of halogens is 1. The van der Waals surface area contributed by atoms with E-state index in [-0.39, 0.29) is 23.3 Å². The van der Waals surface area contributed by atoms with Crippen molar-refractivity contribution < 1.29 is 9.18 Å². The maximum atomic E-state index is 14.1. The highest BCUT2D eigenvalue weighted by Gasteiger charge is 2.18. The summed E-state index contributed by atoms with van der Waals surface area (Å²) < 4.78 is 14.1. The van der Waals surface area contributed by atoms with Crippen molar-refractivity contribution in [3.8, 4) is 0 Å². The maximum Gasteiger partial charge on any atom is 0.254 e. The van der Waals surface area contributed by atoms with Crippen LogP contribution in [0.4, 0.5) is 10.2 Å². The van der Waals surface area contributed by atoms with Crippen LogP contribution in [0.25, 0.3) is 0 Å². The third-order valence-corrected chi connectivity index (χ3v) is 3.41. The Bertz CT molecular complexity index is 428. The lowest BCUT2D eigenvalue weighted by Crippen LogP contribution is -2.36. The molecular formula is C13H20FN3OS. The quantitative estimate of drug-likeness (QED) is 0.808. The van der Waals surface area contributed by atoms with Gasteiger partial charge in [0.2, 0.25) is 0 Å². The zero-order valence-electron chi connectivity index (χ0n) is 11.5. The van der Waals surface area contributed by atoms with Crippen LogP contribution >= 0.6 is 11.8 Å². The Morgan fingerprint density at radius 3 is 2.84 bits per heavy atom. The Kier molecular flexibility index (Phi) is 6.62. The van der Waals surface area contributed by atoms with E-state index >= 15 is 0 Å². The van der Waals surface area contributed by atoms with Gasteiger partial charge in [-0.2, -0.15) is 11.8 Å².